The number of hydrogen-bond acceptors (Lipinski definition) is 2. The van der Waals surface area contributed by atoms with Crippen LogP contribution in [0.1, 0.15) is 31.7 Å². The minimum absolute atomic E-state index is 0.440. The Kier molecular flexibility index (Phi) is 4.92. The molecule has 15 heavy (non-hydrogen) atoms. The average molecular weight is 228 g/mol. The Morgan fingerprint density at radius 1 is 1.40 bits per heavy atom. The number of ether oxygens (including phenoxy) is 1. The van der Waals surface area contributed by atoms with E-state index in [9.17, 15) is 0 Å². The first-order valence-corrected chi connectivity index (χ1v) is 5.65. The molecule has 0 unspecified atom stereocenters. The van der Waals surface area contributed by atoms with Gasteiger partial charge < -0.3 is 10.5 Å². The van der Waals surface area contributed by atoms with E-state index in [1.54, 1.807) is 0 Å². The molecular weight excluding hydrogens is 210 g/mol. The van der Waals surface area contributed by atoms with Gasteiger partial charge in [0.05, 0.1) is 6.61 Å². The predicted molar refractivity (Wildman–Crippen MR) is 64.7 cm³/mol. The van der Waals surface area contributed by atoms with Gasteiger partial charge in [0.1, 0.15) is 5.75 Å². The molecule has 0 atom stereocenters. The number of rotatable bonds is 5. The Hall–Kier alpha value is -0.730. The fourth-order valence-electron chi connectivity index (χ4n) is 1.34. The summed E-state index contributed by atoms with van der Waals surface area (Å²) in [6.07, 6.45) is 0.865. The molecule has 3 heteroatoms. The van der Waals surface area contributed by atoms with Crippen LogP contribution in [0.25, 0.3) is 0 Å². The molecule has 0 saturated carbocycles. The Morgan fingerprint density at radius 2 is 2.13 bits per heavy atom. The van der Waals surface area contributed by atoms with E-state index in [2.05, 4.69) is 13.8 Å². The second kappa shape index (κ2) is 5.99. The third kappa shape index (κ3) is 3.73. The van der Waals surface area contributed by atoms with Crippen molar-refractivity contribution in [3.63, 3.8) is 0 Å². The van der Waals surface area contributed by atoms with Gasteiger partial charge in [0, 0.05) is 5.02 Å². The van der Waals surface area contributed by atoms with Gasteiger partial charge in [-0.05, 0) is 36.6 Å². The van der Waals surface area contributed by atoms with Gasteiger partial charge in [0.25, 0.3) is 0 Å². The molecule has 0 saturated heterocycles. The Bertz CT molecular complexity index is 312. The highest BCUT2D eigenvalue weighted by molar-refractivity contribution is 6.31. The van der Waals surface area contributed by atoms with Gasteiger partial charge in [-0.1, -0.05) is 31.5 Å². The van der Waals surface area contributed by atoms with Crippen molar-refractivity contribution in [3.8, 4) is 5.75 Å². The third-order valence-corrected chi connectivity index (χ3v) is 2.54. The minimum atomic E-state index is 0.440. The molecule has 2 N–H and O–H groups in total. The summed E-state index contributed by atoms with van der Waals surface area (Å²) in [7, 11) is 0. The standard InChI is InChI=1S/C12H18ClNO/c1-9(2)11-5-4-10(8-12(11)13)15-7-3-6-14/h4-5,8-9H,3,6-7,14H2,1-2H3. The Morgan fingerprint density at radius 3 is 2.67 bits per heavy atom. The average Bonchev–Trinajstić information content (AvgIpc) is 2.17. The van der Waals surface area contributed by atoms with Gasteiger partial charge in [-0.2, -0.15) is 0 Å². The molecule has 0 amide bonds. The monoisotopic (exact) mass is 227 g/mol. The van der Waals surface area contributed by atoms with Crippen molar-refractivity contribution < 1.29 is 4.74 Å². The van der Waals surface area contributed by atoms with Gasteiger partial charge in [-0.25, -0.2) is 0 Å². The number of nitrogens with two attached hydrogens (primary N) is 1. The molecule has 1 rings (SSSR count). The first-order chi connectivity index (χ1) is 7.15. The summed E-state index contributed by atoms with van der Waals surface area (Å²) in [5.41, 5.74) is 6.54. The fraction of sp³-hybridized carbons (Fsp3) is 0.500. The molecule has 1 aromatic rings. The molecule has 0 fully saturated rings. The SMILES string of the molecule is CC(C)c1ccc(OCCCN)cc1Cl. The normalized spacial score (nSPS) is 10.7. The molecular formula is C12H18ClNO. The van der Waals surface area contributed by atoms with Crippen LogP contribution in [0.15, 0.2) is 18.2 Å². The molecule has 0 spiro atoms. The molecule has 0 radical (unpaired) electrons. The van der Waals surface area contributed by atoms with E-state index in [0.717, 1.165) is 22.8 Å². The van der Waals surface area contributed by atoms with Crippen molar-refractivity contribution in [3.05, 3.63) is 28.8 Å². The summed E-state index contributed by atoms with van der Waals surface area (Å²) in [6.45, 7) is 5.54. The van der Waals surface area contributed by atoms with Crippen LogP contribution in [0, 0.1) is 0 Å². The number of hydrogen-bond donors (Lipinski definition) is 1. The summed E-state index contributed by atoms with van der Waals surface area (Å²) in [6, 6.07) is 5.84. The lowest BCUT2D eigenvalue weighted by molar-refractivity contribution is 0.313. The molecule has 0 heterocycles. The second-order valence-electron chi connectivity index (χ2n) is 3.83. The highest BCUT2D eigenvalue weighted by atomic mass is 35.5. The van der Waals surface area contributed by atoms with Crippen LogP contribution < -0.4 is 10.5 Å². The van der Waals surface area contributed by atoms with E-state index < -0.39 is 0 Å². The van der Waals surface area contributed by atoms with Gasteiger partial charge >= 0.3 is 0 Å². The molecule has 0 aliphatic carbocycles. The largest absolute Gasteiger partial charge is 0.493 e. The highest BCUT2D eigenvalue weighted by Crippen LogP contribution is 2.28. The van der Waals surface area contributed by atoms with Crippen LogP contribution in [-0.4, -0.2) is 13.2 Å². The molecule has 1 aromatic carbocycles. The molecule has 84 valence electrons. The second-order valence-corrected chi connectivity index (χ2v) is 4.24. The van der Waals surface area contributed by atoms with Gasteiger partial charge in [0.15, 0.2) is 0 Å². The summed E-state index contributed by atoms with van der Waals surface area (Å²) in [5.74, 6) is 1.26. The minimum Gasteiger partial charge on any atom is -0.493 e. The van der Waals surface area contributed by atoms with E-state index in [1.165, 1.54) is 0 Å². The fourth-order valence-corrected chi connectivity index (χ4v) is 1.73. The van der Waals surface area contributed by atoms with Crippen LogP contribution in [-0.2, 0) is 0 Å². The predicted octanol–water partition coefficient (Wildman–Crippen LogP) is 3.19. The summed E-state index contributed by atoms with van der Waals surface area (Å²) in [5, 5.41) is 0.773. The zero-order valence-electron chi connectivity index (χ0n) is 9.29. The van der Waals surface area contributed by atoms with Crippen LogP contribution in [0.4, 0.5) is 0 Å². The lowest BCUT2D eigenvalue weighted by Crippen LogP contribution is -2.06. The summed E-state index contributed by atoms with van der Waals surface area (Å²) in [4.78, 5) is 0. The zero-order chi connectivity index (χ0) is 11.3. The summed E-state index contributed by atoms with van der Waals surface area (Å²) >= 11 is 6.13. The maximum absolute atomic E-state index is 6.13. The van der Waals surface area contributed by atoms with Crippen molar-refractivity contribution in [1.29, 1.82) is 0 Å². The smallest absolute Gasteiger partial charge is 0.120 e. The van der Waals surface area contributed by atoms with Crippen LogP contribution in [0.2, 0.25) is 5.02 Å². The van der Waals surface area contributed by atoms with E-state index in [0.29, 0.717) is 19.1 Å². The summed E-state index contributed by atoms with van der Waals surface area (Å²) < 4.78 is 5.50. The maximum Gasteiger partial charge on any atom is 0.120 e. The van der Waals surface area contributed by atoms with Crippen molar-refractivity contribution in [2.75, 3.05) is 13.2 Å². The number of halogens is 1. The van der Waals surface area contributed by atoms with Crippen LogP contribution in [0.5, 0.6) is 5.75 Å². The van der Waals surface area contributed by atoms with E-state index in [4.69, 9.17) is 22.1 Å². The van der Waals surface area contributed by atoms with Crippen molar-refractivity contribution in [2.24, 2.45) is 5.73 Å². The van der Waals surface area contributed by atoms with Crippen molar-refractivity contribution in [1.82, 2.24) is 0 Å². The molecule has 0 aromatic heterocycles. The Labute approximate surface area is 96.4 Å². The molecule has 0 bridgehead atoms. The van der Waals surface area contributed by atoms with E-state index in [1.807, 2.05) is 18.2 Å². The van der Waals surface area contributed by atoms with Crippen LogP contribution in [0.3, 0.4) is 0 Å². The van der Waals surface area contributed by atoms with Gasteiger partial charge in [-0.15, -0.1) is 0 Å². The molecule has 2 nitrogen and oxygen atoms in total. The van der Waals surface area contributed by atoms with E-state index in [-0.39, 0.29) is 0 Å². The first-order valence-electron chi connectivity index (χ1n) is 5.27. The van der Waals surface area contributed by atoms with E-state index >= 15 is 0 Å². The topological polar surface area (TPSA) is 35.2 Å². The van der Waals surface area contributed by atoms with Gasteiger partial charge in [0.2, 0.25) is 0 Å². The molecule has 0 aliphatic heterocycles. The zero-order valence-corrected chi connectivity index (χ0v) is 10.1. The van der Waals surface area contributed by atoms with Crippen LogP contribution >= 0.6 is 11.6 Å². The third-order valence-electron chi connectivity index (χ3n) is 2.21. The highest BCUT2D eigenvalue weighted by Gasteiger charge is 2.05. The molecule has 0 aliphatic rings. The Balaban J connectivity index is 2.65. The van der Waals surface area contributed by atoms with Crippen molar-refractivity contribution in [2.45, 2.75) is 26.2 Å². The first kappa shape index (κ1) is 12.3. The number of benzene rings is 1. The lowest BCUT2D eigenvalue weighted by Gasteiger charge is -2.10. The quantitative estimate of drug-likeness (QED) is 0.785. The van der Waals surface area contributed by atoms with Crippen molar-refractivity contribution >= 4 is 11.6 Å². The lowest BCUT2D eigenvalue weighted by atomic mass is 10.0. The van der Waals surface area contributed by atoms with Gasteiger partial charge in [-0.3, -0.25) is 0 Å². The maximum atomic E-state index is 6.13.